The van der Waals surface area contributed by atoms with Crippen LogP contribution >= 0.6 is 0 Å². The second-order valence-corrected chi connectivity index (χ2v) is 3.16. The zero-order valence-electron chi connectivity index (χ0n) is 9.03. The molecule has 0 heterocycles. The third-order valence-corrected chi connectivity index (χ3v) is 2.05. The van der Waals surface area contributed by atoms with Crippen LogP contribution in [0.5, 0.6) is 0 Å². The van der Waals surface area contributed by atoms with E-state index in [1.807, 2.05) is 6.92 Å². The molecule has 0 aromatic heterocycles. The Morgan fingerprint density at radius 3 is 2.62 bits per heavy atom. The summed E-state index contributed by atoms with van der Waals surface area (Å²) in [7, 11) is 0. The van der Waals surface area contributed by atoms with Gasteiger partial charge >= 0.3 is 6.03 Å². The van der Waals surface area contributed by atoms with E-state index in [4.69, 9.17) is 6.42 Å². The molecule has 84 valence electrons. The van der Waals surface area contributed by atoms with Crippen molar-refractivity contribution in [3.63, 3.8) is 0 Å². The first-order valence-electron chi connectivity index (χ1n) is 4.92. The average Bonchev–Trinajstić information content (AvgIpc) is 2.29. The van der Waals surface area contributed by atoms with Gasteiger partial charge in [0.25, 0.3) is 0 Å². The number of terminal acetylenes is 1. The van der Waals surface area contributed by atoms with Crippen LogP contribution in [0.15, 0.2) is 24.3 Å². The lowest BCUT2D eigenvalue weighted by Crippen LogP contribution is -2.35. The fourth-order valence-corrected chi connectivity index (χ4v) is 1.17. The SMILES string of the molecule is C#CCN(CC)C(=O)Nc1ccc(F)cc1. The Morgan fingerprint density at radius 2 is 2.12 bits per heavy atom. The molecule has 0 spiro atoms. The lowest BCUT2D eigenvalue weighted by Gasteiger charge is -2.18. The second kappa shape index (κ2) is 5.76. The summed E-state index contributed by atoms with van der Waals surface area (Å²) in [4.78, 5) is 13.1. The summed E-state index contributed by atoms with van der Waals surface area (Å²) in [6.45, 7) is 2.61. The van der Waals surface area contributed by atoms with E-state index in [1.54, 1.807) is 0 Å². The molecule has 16 heavy (non-hydrogen) atoms. The third kappa shape index (κ3) is 3.28. The smallest absolute Gasteiger partial charge is 0.314 e. The van der Waals surface area contributed by atoms with Crippen molar-refractivity contribution in [1.29, 1.82) is 0 Å². The molecular formula is C12H13FN2O. The van der Waals surface area contributed by atoms with Crippen LogP contribution in [0.25, 0.3) is 0 Å². The zero-order chi connectivity index (χ0) is 12.0. The van der Waals surface area contributed by atoms with E-state index in [9.17, 15) is 9.18 Å². The topological polar surface area (TPSA) is 32.3 Å². The predicted molar refractivity (Wildman–Crippen MR) is 61.5 cm³/mol. The van der Waals surface area contributed by atoms with Crippen molar-refractivity contribution in [1.82, 2.24) is 4.90 Å². The van der Waals surface area contributed by atoms with Crippen molar-refractivity contribution in [3.05, 3.63) is 30.1 Å². The van der Waals surface area contributed by atoms with Gasteiger partial charge in [-0.05, 0) is 31.2 Å². The molecule has 0 aliphatic heterocycles. The largest absolute Gasteiger partial charge is 0.322 e. The maximum atomic E-state index is 12.6. The van der Waals surface area contributed by atoms with Crippen molar-refractivity contribution in [2.45, 2.75) is 6.92 Å². The summed E-state index contributed by atoms with van der Waals surface area (Å²) in [5, 5.41) is 2.63. The highest BCUT2D eigenvalue weighted by molar-refractivity contribution is 5.89. The van der Waals surface area contributed by atoms with Crippen LogP contribution in [0.1, 0.15) is 6.92 Å². The van der Waals surface area contributed by atoms with Crippen molar-refractivity contribution < 1.29 is 9.18 Å². The second-order valence-electron chi connectivity index (χ2n) is 3.16. The molecule has 0 bridgehead atoms. The minimum atomic E-state index is -0.339. The number of nitrogens with one attached hydrogen (secondary N) is 1. The summed E-state index contributed by atoms with van der Waals surface area (Å²) in [6.07, 6.45) is 5.13. The Bertz CT molecular complexity index is 394. The maximum absolute atomic E-state index is 12.6. The summed E-state index contributed by atoms with van der Waals surface area (Å²) in [5.41, 5.74) is 0.543. The van der Waals surface area contributed by atoms with Crippen molar-refractivity contribution in [3.8, 4) is 12.3 Å². The standard InChI is InChI=1S/C12H13FN2O/c1-3-9-15(4-2)12(16)14-11-7-5-10(13)6-8-11/h1,5-8H,4,9H2,2H3,(H,14,16). The van der Waals surface area contributed by atoms with Gasteiger partial charge in [0, 0.05) is 12.2 Å². The zero-order valence-corrected chi connectivity index (χ0v) is 9.03. The fourth-order valence-electron chi connectivity index (χ4n) is 1.17. The Hall–Kier alpha value is -2.02. The van der Waals surface area contributed by atoms with Gasteiger partial charge in [-0.15, -0.1) is 6.42 Å². The number of benzene rings is 1. The van der Waals surface area contributed by atoms with E-state index in [0.29, 0.717) is 12.2 Å². The van der Waals surface area contributed by atoms with E-state index in [0.717, 1.165) is 0 Å². The molecule has 0 aliphatic carbocycles. The number of halogens is 1. The highest BCUT2D eigenvalue weighted by atomic mass is 19.1. The Labute approximate surface area is 94.3 Å². The molecular weight excluding hydrogens is 207 g/mol. The Balaban J connectivity index is 2.63. The number of nitrogens with zero attached hydrogens (tertiary/aromatic N) is 1. The number of carbonyl (C=O) groups excluding carboxylic acids is 1. The van der Waals surface area contributed by atoms with Crippen LogP contribution < -0.4 is 5.32 Å². The fraction of sp³-hybridized carbons (Fsp3) is 0.250. The van der Waals surface area contributed by atoms with Crippen molar-refractivity contribution in [2.75, 3.05) is 18.4 Å². The van der Waals surface area contributed by atoms with E-state index in [2.05, 4.69) is 11.2 Å². The lowest BCUT2D eigenvalue weighted by molar-refractivity contribution is 0.220. The molecule has 1 N–H and O–H groups in total. The molecule has 1 aromatic carbocycles. The van der Waals surface area contributed by atoms with Crippen molar-refractivity contribution >= 4 is 11.7 Å². The highest BCUT2D eigenvalue weighted by Crippen LogP contribution is 2.09. The minimum Gasteiger partial charge on any atom is -0.314 e. The van der Waals surface area contributed by atoms with Gasteiger partial charge in [-0.3, -0.25) is 0 Å². The minimum absolute atomic E-state index is 0.254. The number of amides is 2. The number of hydrogen-bond acceptors (Lipinski definition) is 1. The van der Waals surface area contributed by atoms with Gasteiger partial charge in [-0.2, -0.15) is 0 Å². The van der Waals surface area contributed by atoms with Gasteiger partial charge in [0.2, 0.25) is 0 Å². The lowest BCUT2D eigenvalue weighted by atomic mass is 10.3. The monoisotopic (exact) mass is 220 g/mol. The van der Waals surface area contributed by atoms with Crippen LogP contribution in [-0.4, -0.2) is 24.0 Å². The van der Waals surface area contributed by atoms with Crippen LogP contribution in [0, 0.1) is 18.2 Å². The number of urea groups is 1. The Kier molecular flexibility index (Phi) is 4.34. The number of hydrogen-bond donors (Lipinski definition) is 1. The number of rotatable bonds is 3. The molecule has 1 aromatic rings. The van der Waals surface area contributed by atoms with Gasteiger partial charge in [-0.1, -0.05) is 5.92 Å². The molecule has 0 radical (unpaired) electrons. The van der Waals surface area contributed by atoms with Crippen LogP contribution in [0.2, 0.25) is 0 Å². The molecule has 4 heteroatoms. The van der Waals surface area contributed by atoms with E-state index >= 15 is 0 Å². The first-order chi connectivity index (χ1) is 7.67. The maximum Gasteiger partial charge on any atom is 0.322 e. The van der Waals surface area contributed by atoms with E-state index in [-0.39, 0.29) is 18.4 Å². The molecule has 3 nitrogen and oxygen atoms in total. The van der Waals surface area contributed by atoms with Crippen LogP contribution in [0.4, 0.5) is 14.9 Å². The average molecular weight is 220 g/mol. The highest BCUT2D eigenvalue weighted by Gasteiger charge is 2.09. The van der Waals surface area contributed by atoms with Gasteiger partial charge in [-0.25, -0.2) is 9.18 Å². The van der Waals surface area contributed by atoms with Gasteiger partial charge in [0.15, 0.2) is 0 Å². The van der Waals surface area contributed by atoms with Crippen LogP contribution in [-0.2, 0) is 0 Å². The first kappa shape index (κ1) is 12.1. The Morgan fingerprint density at radius 1 is 1.50 bits per heavy atom. The summed E-state index contributed by atoms with van der Waals surface area (Å²) in [6, 6.07) is 5.28. The summed E-state index contributed by atoms with van der Waals surface area (Å²) >= 11 is 0. The number of carbonyl (C=O) groups is 1. The molecule has 2 amide bonds. The predicted octanol–water partition coefficient (Wildman–Crippen LogP) is 2.31. The molecule has 0 fully saturated rings. The van der Waals surface area contributed by atoms with E-state index < -0.39 is 0 Å². The summed E-state index contributed by atoms with van der Waals surface area (Å²) < 4.78 is 12.6. The number of anilines is 1. The van der Waals surface area contributed by atoms with Crippen molar-refractivity contribution in [2.24, 2.45) is 0 Å². The van der Waals surface area contributed by atoms with Gasteiger partial charge < -0.3 is 10.2 Å². The van der Waals surface area contributed by atoms with Gasteiger partial charge in [0.05, 0.1) is 6.54 Å². The van der Waals surface area contributed by atoms with Crippen LogP contribution in [0.3, 0.4) is 0 Å². The molecule has 0 saturated heterocycles. The van der Waals surface area contributed by atoms with Gasteiger partial charge in [0.1, 0.15) is 5.82 Å². The molecule has 0 saturated carbocycles. The molecule has 0 unspecified atom stereocenters. The first-order valence-corrected chi connectivity index (χ1v) is 4.92. The van der Waals surface area contributed by atoms with E-state index in [1.165, 1.54) is 29.2 Å². The quantitative estimate of drug-likeness (QED) is 0.779. The molecule has 0 atom stereocenters. The normalized spacial score (nSPS) is 9.31. The third-order valence-electron chi connectivity index (χ3n) is 2.05. The molecule has 0 aliphatic rings. The summed E-state index contributed by atoms with van der Waals surface area (Å²) in [5.74, 6) is 2.06. The molecule has 1 rings (SSSR count).